The summed E-state index contributed by atoms with van der Waals surface area (Å²) in [6.07, 6.45) is 0. The highest BCUT2D eigenvalue weighted by molar-refractivity contribution is 5.92. The van der Waals surface area contributed by atoms with Gasteiger partial charge in [-0.25, -0.2) is 9.59 Å². The van der Waals surface area contributed by atoms with Crippen LogP contribution in [0.1, 0.15) is 33.2 Å². The predicted octanol–water partition coefficient (Wildman–Crippen LogP) is 4.36. The van der Waals surface area contributed by atoms with Gasteiger partial charge in [-0.2, -0.15) is 0 Å². The molecule has 0 radical (unpaired) electrons. The molecule has 0 N–H and O–H groups in total. The van der Waals surface area contributed by atoms with Crippen LogP contribution in [0.15, 0.2) is 72.8 Å². The Hall–Kier alpha value is -3.93. The van der Waals surface area contributed by atoms with Crippen LogP contribution in [0.4, 0.5) is 0 Å². The summed E-state index contributed by atoms with van der Waals surface area (Å²) in [5, 5.41) is 0. The smallest absolute Gasteiger partial charge is 0.343 e. The lowest BCUT2D eigenvalue weighted by atomic mass is 10.1. The zero-order valence-electron chi connectivity index (χ0n) is 15.9. The first-order valence-corrected chi connectivity index (χ1v) is 8.80. The normalized spacial score (nSPS) is 10.1. The molecule has 6 heteroatoms. The Balaban J connectivity index is 1.60. The molecule has 0 bridgehead atoms. The van der Waals surface area contributed by atoms with E-state index in [2.05, 4.69) is 0 Å². The average Bonchev–Trinajstić information content (AvgIpc) is 2.70. The summed E-state index contributed by atoms with van der Waals surface area (Å²) in [5.74, 6) is -0.497. The summed E-state index contributed by atoms with van der Waals surface area (Å²) >= 11 is 0. The number of ether oxygens (including phenoxy) is 3. The third-order valence-corrected chi connectivity index (χ3v) is 3.88. The van der Waals surface area contributed by atoms with Crippen LogP contribution >= 0.6 is 0 Å². The Morgan fingerprint density at radius 2 is 0.897 bits per heavy atom. The molecule has 29 heavy (non-hydrogen) atoms. The van der Waals surface area contributed by atoms with Gasteiger partial charge >= 0.3 is 17.9 Å². The molecular weight excluding hydrogens is 372 g/mol. The maximum Gasteiger partial charge on any atom is 0.343 e. The van der Waals surface area contributed by atoms with Gasteiger partial charge in [0.1, 0.15) is 17.2 Å². The Morgan fingerprint density at radius 3 is 1.31 bits per heavy atom. The van der Waals surface area contributed by atoms with Gasteiger partial charge in [-0.05, 0) is 67.6 Å². The van der Waals surface area contributed by atoms with Crippen LogP contribution in [0.5, 0.6) is 17.2 Å². The SMILES string of the molecule is CC(=O)Oc1ccc(OC(=O)c2ccc(OC(=O)c3ccc(C)cc3)cc2)cc1. The van der Waals surface area contributed by atoms with Crippen molar-refractivity contribution in [3.63, 3.8) is 0 Å². The number of esters is 3. The van der Waals surface area contributed by atoms with Gasteiger partial charge in [0.25, 0.3) is 0 Å². The molecule has 3 aromatic carbocycles. The molecule has 0 saturated carbocycles. The van der Waals surface area contributed by atoms with Gasteiger partial charge in [-0.1, -0.05) is 17.7 Å². The van der Waals surface area contributed by atoms with E-state index in [4.69, 9.17) is 14.2 Å². The van der Waals surface area contributed by atoms with Crippen molar-refractivity contribution in [2.45, 2.75) is 13.8 Å². The van der Waals surface area contributed by atoms with E-state index in [1.807, 2.05) is 19.1 Å². The summed E-state index contributed by atoms with van der Waals surface area (Å²) in [5.41, 5.74) is 1.78. The summed E-state index contributed by atoms with van der Waals surface area (Å²) < 4.78 is 15.5. The van der Waals surface area contributed by atoms with E-state index in [9.17, 15) is 14.4 Å². The number of hydrogen-bond donors (Lipinski definition) is 0. The third kappa shape index (κ3) is 5.52. The average molecular weight is 390 g/mol. The van der Waals surface area contributed by atoms with Gasteiger partial charge in [0.05, 0.1) is 11.1 Å². The largest absolute Gasteiger partial charge is 0.427 e. The van der Waals surface area contributed by atoms with Gasteiger partial charge in [-0.3, -0.25) is 4.79 Å². The van der Waals surface area contributed by atoms with Crippen molar-refractivity contribution in [3.05, 3.63) is 89.5 Å². The third-order valence-electron chi connectivity index (χ3n) is 3.88. The lowest BCUT2D eigenvalue weighted by molar-refractivity contribution is -0.131. The summed E-state index contributed by atoms with van der Waals surface area (Å²) in [7, 11) is 0. The molecule has 0 saturated heterocycles. The van der Waals surface area contributed by atoms with E-state index in [1.165, 1.54) is 55.5 Å². The van der Waals surface area contributed by atoms with Crippen molar-refractivity contribution in [1.29, 1.82) is 0 Å². The fourth-order valence-electron chi connectivity index (χ4n) is 2.42. The molecule has 3 rings (SSSR count). The number of hydrogen-bond acceptors (Lipinski definition) is 6. The quantitative estimate of drug-likeness (QED) is 0.476. The summed E-state index contributed by atoms with van der Waals surface area (Å²) in [6.45, 7) is 3.23. The molecule has 0 fully saturated rings. The van der Waals surface area contributed by atoms with Crippen LogP contribution in [0.3, 0.4) is 0 Å². The van der Waals surface area contributed by atoms with Crippen molar-refractivity contribution in [2.75, 3.05) is 0 Å². The molecule has 0 spiro atoms. The molecule has 0 unspecified atom stereocenters. The molecule has 0 heterocycles. The van der Waals surface area contributed by atoms with Crippen molar-refractivity contribution in [1.82, 2.24) is 0 Å². The zero-order valence-corrected chi connectivity index (χ0v) is 15.9. The lowest BCUT2D eigenvalue weighted by Crippen LogP contribution is -2.10. The van der Waals surface area contributed by atoms with Crippen LogP contribution < -0.4 is 14.2 Å². The van der Waals surface area contributed by atoms with E-state index >= 15 is 0 Å². The van der Waals surface area contributed by atoms with Crippen LogP contribution in [-0.2, 0) is 4.79 Å². The maximum absolute atomic E-state index is 12.2. The minimum atomic E-state index is -0.568. The van der Waals surface area contributed by atoms with Crippen molar-refractivity contribution in [2.24, 2.45) is 0 Å². The summed E-state index contributed by atoms with van der Waals surface area (Å²) in [4.78, 5) is 35.3. The highest BCUT2D eigenvalue weighted by Crippen LogP contribution is 2.20. The molecule has 6 nitrogen and oxygen atoms in total. The first kappa shape index (κ1) is 19.8. The van der Waals surface area contributed by atoms with Crippen LogP contribution in [0.25, 0.3) is 0 Å². The number of carbonyl (C=O) groups excluding carboxylic acids is 3. The Bertz CT molecular complexity index is 1020. The zero-order chi connectivity index (χ0) is 20.8. The van der Waals surface area contributed by atoms with E-state index in [0.717, 1.165) is 5.56 Å². The van der Waals surface area contributed by atoms with Crippen LogP contribution in [0.2, 0.25) is 0 Å². The molecule has 3 aromatic rings. The van der Waals surface area contributed by atoms with Crippen molar-refractivity contribution in [3.8, 4) is 17.2 Å². The fourth-order valence-corrected chi connectivity index (χ4v) is 2.42. The molecule has 0 aliphatic rings. The molecular formula is C23H18O6. The molecule has 0 atom stereocenters. The molecule has 0 aliphatic carbocycles. The first-order valence-electron chi connectivity index (χ1n) is 8.80. The second kappa shape index (κ2) is 8.84. The predicted molar refractivity (Wildman–Crippen MR) is 105 cm³/mol. The Labute approximate surface area is 167 Å². The number of benzene rings is 3. The highest BCUT2D eigenvalue weighted by atomic mass is 16.5. The summed E-state index contributed by atoms with van der Waals surface area (Å²) in [6, 6.07) is 19.2. The van der Waals surface area contributed by atoms with E-state index in [1.54, 1.807) is 12.1 Å². The second-order valence-corrected chi connectivity index (χ2v) is 6.23. The standard InChI is InChI=1S/C23H18O6/c1-15-3-5-17(6-4-15)22(25)28-20-9-7-18(8-10-20)23(26)29-21-13-11-19(12-14-21)27-16(2)24/h3-14H,1-2H3. The Morgan fingerprint density at radius 1 is 0.552 bits per heavy atom. The van der Waals surface area contributed by atoms with Crippen LogP contribution in [0, 0.1) is 6.92 Å². The van der Waals surface area contributed by atoms with Gasteiger partial charge in [0.2, 0.25) is 0 Å². The number of carbonyl (C=O) groups is 3. The van der Waals surface area contributed by atoms with Gasteiger partial charge < -0.3 is 14.2 Å². The van der Waals surface area contributed by atoms with E-state index in [0.29, 0.717) is 28.4 Å². The van der Waals surface area contributed by atoms with Crippen LogP contribution in [-0.4, -0.2) is 17.9 Å². The monoisotopic (exact) mass is 390 g/mol. The van der Waals surface area contributed by atoms with Crippen molar-refractivity contribution >= 4 is 17.9 Å². The van der Waals surface area contributed by atoms with Gasteiger partial charge in [0.15, 0.2) is 0 Å². The number of rotatable bonds is 5. The Kier molecular flexibility index (Phi) is 6.04. The highest BCUT2D eigenvalue weighted by Gasteiger charge is 2.12. The topological polar surface area (TPSA) is 78.9 Å². The van der Waals surface area contributed by atoms with Gasteiger partial charge in [0, 0.05) is 6.92 Å². The fraction of sp³-hybridized carbons (Fsp3) is 0.0870. The van der Waals surface area contributed by atoms with Gasteiger partial charge in [-0.15, -0.1) is 0 Å². The van der Waals surface area contributed by atoms with E-state index in [-0.39, 0.29) is 0 Å². The number of aryl methyl sites for hydroxylation is 1. The molecule has 0 aliphatic heterocycles. The molecule has 146 valence electrons. The van der Waals surface area contributed by atoms with E-state index < -0.39 is 17.9 Å². The first-order chi connectivity index (χ1) is 13.9. The minimum Gasteiger partial charge on any atom is -0.427 e. The second-order valence-electron chi connectivity index (χ2n) is 6.23. The maximum atomic E-state index is 12.2. The minimum absolute atomic E-state index is 0.296. The lowest BCUT2D eigenvalue weighted by Gasteiger charge is -2.07. The molecule has 0 amide bonds. The molecule has 0 aromatic heterocycles. The van der Waals surface area contributed by atoms with Crippen molar-refractivity contribution < 1.29 is 28.6 Å².